The molecule has 1 heterocycles. The molecule has 0 amide bonds. The van der Waals surface area contributed by atoms with Gasteiger partial charge in [-0.15, -0.1) is 0 Å². The van der Waals surface area contributed by atoms with Crippen molar-refractivity contribution < 1.29 is 22.6 Å². The highest BCUT2D eigenvalue weighted by molar-refractivity contribution is 5.67. The van der Waals surface area contributed by atoms with Crippen molar-refractivity contribution in [2.45, 2.75) is 25.0 Å². The van der Waals surface area contributed by atoms with Gasteiger partial charge in [-0.25, -0.2) is 13.2 Å². The predicted molar refractivity (Wildman–Crippen MR) is 62.8 cm³/mol. The van der Waals surface area contributed by atoms with Crippen LogP contribution in [-0.4, -0.2) is 19.0 Å². The van der Waals surface area contributed by atoms with Crippen LogP contribution in [0, 0.1) is 17.5 Å². The van der Waals surface area contributed by atoms with E-state index in [0.29, 0.717) is 38.0 Å². The second-order valence-electron chi connectivity index (χ2n) is 4.76. The summed E-state index contributed by atoms with van der Waals surface area (Å²) < 4.78 is 51.6. The molecule has 1 aliphatic carbocycles. The Balaban J connectivity index is 1.92. The van der Waals surface area contributed by atoms with Gasteiger partial charge in [-0.1, -0.05) is 6.08 Å². The Morgan fingerprint density at radius 2 is 1.68 bits per heavy atom. The van der Waals surface area contributed by atoms with E-state index >= 15 is 0 Å². The Morgan fingerprint density at radius 1 is 1.00 bits per heavy atom. The molecule has 5 heteroatoms. The maximum absolute atomic E-state index is 13.7. The van der Waals surface area contributed by atoms with Gasteiger partial charge in [-0.3, -0.25) is 0 Å². The highest BCUT2D eigenvalue weighted by Crippen LogP contribution is 2.39. The minimum Gasteiger partial charge on any atom is -0.347 e. The monoisotopic (exact) mass is 270 g/mol. The third-order valence-electron chi connectivity index (χ3n) is 3.61. The van der Waals surface area contributed by atoms with Crippen molar-refractivity contribution >= 4 is 5.57 Å². The highest BCUT2D eigenvalue weighted by Gasteiger charge is 2.38. The topological polar surface area (TPSA) is 18.5 Å². The van der Waals surface area contributed by atoms with E-state index in [0.717, 1.165) is 12.1 Å². The average molecular weight is 270 g/mol. The molecule has 0 atom stereocenters. The molecule has 0 bridgehead atoms. The molecule has 0 radical (unpaired) electrons. The second-order valence-corrected chi connectivity index (χ2v) is 4.76. The molecule has 1 fully saturated rings. The summed E-state index contributed by atoms with van der Waals surface area (Å²) >= 11 is 0. The zero-order valence-electron chi connectivity index (χ0n) is 10.2. The van der Waals surface area contributed by atoms with Crippen molar-refractivity contribution in [3.8, 4) is 0 Å². The summed E-state index contributed by atoms with van der Waals surface area (Å²) in [5.41, 5.74) is 0.201. The quantitative estimate of drug-likeness (QED) is 0.728. The maximum atomic E-state index is 13.7. The number of halogens is 3. The molecule has 1 aliphatic heterocycles. The van der Waals surface area contributed by atoms with Gasteiger partial charge in [0.2, 0.25) is 0 Å². The normalized spacial score (nSPS) is 21.7. The minimum atomic E-state index is -1.13. The van der Waals surface area contributed by atoms with Crippen LogP contribution in [-0.2, 0) is 9.47 Å². The van der Waals surface area contributed by atoms with Crippen LogP contribution in [0.3, 0.4) is 0 Å². The molecule has 0 aromatic heterocycles. The Morgan fingerprint density at radius 3 is 2.32 bits per heavy atom. The van der Waals surface area contributed by atoms with Crippen LogP contribution in [0.5, 0.6) is 0 Å². The molecule has 2 aliphatic rings. The van der Waals surface area contributed by atoms with E-state index in [-0.39, 0.29) is 5.56 Å². The fourth-order valence-electron chi connectivity index (χ4n) is 2.62. The molecular weight excluding hydrogens is 257 g/mol. The predicted octanol–water partition coefficient (Wildman–Crippen LogP) is 3.41. The number of benzene rings is 1. The number of ether oxygens (including phenoxy) is 2. The smallest absolute Gasteiger partial charge is 0.172 e. The first kappa shape index (κ1) is 12.7. The lowest BCUT2D eigenvalue weighted by atomic mass is 9.89. The average Bonchev–Trinajstić information content (AvgIpc) is 2.85. The zero-order valence-corrected chi connectivity index (χ0v) is 10.2. The number of allylic oxidation sites excluding steroid dienone is 1. The molecule has 1 saturated heterocycles. The molecule has 1 aromatic rings. The van der Waals surface area contributed by atoms with Crippen LogP contribution in [0.15, 0.2) is 18.2 Å². The SMILES string of the molecule is Fc1ccc(F)c(C2=CCC3(CC2)OCCO3)c1F. The lowest BCUT2D eigenvalue weighted by Gasteiger charge is -2.30. The van der Waals surface area contributed by atoms with Gasteiger partial charge in [0.25, 0.3) is 0 Å². The highest BCUT2D eigenvalue weighted by atomic mass is 19.2. The lowest BCUT2D eigenvalue weighted by molar-refractivity contribution is -0.159. The summed E-state index contributed by atoms with van der Waals surface area (Å²) in [7, 11) is 0. The van der Waals surface area contributed by atoms with Crippen LogP contribution in [0.25, 0.3) is 5.57 Å². The molecule has 1 aromatic carbocycles. The van der Waals surface area contributed by atoms with Crippen LogP contribution in [0.4, 0.5) is 13.2 Å². The fourth-order valence-corrected chi connectivity index (χ4v) is 2.62. The summed E-state index contributed by atoms with van der Waals surface area (Å²) in [6, 6.07) is 1.74. The maximum Gasteiger partial charge on any atom is 0.172 e. The van der Waals surface area contributed by atoms with Gasteiger partial charge in [0, 0.05) is 12.8 Å². The number of rotatable bonds is 1. The van der Waals surface area contributed by atoms with Gasteiger partial charge in [-0.2, -0.15) is 0 Å². The second kappa shape index (κ2) is 4.65. The molecule has 3 rings (SSSR count). The van der Waals surface area contributed by atoms with E-state index in [9.17, 15) is 13.2 Å². The minimum absolute atomic E-state index is 0.271. The summed E-state index contributed by atoms with van der Waals surface area (Å²) in [4.78, 5) is 0. The van der Waals surface area contributed by atoms with Crippen molar-refractivity contribution in [3.63, 3.8) is 0 Å². The van der Waals surface area contributed by atoms with Gasteiger partial charge in [0.15, 0.2) is 17.4 Å². The Labute approximate surface area is 108 Å². The van der Waals surface area contributed by atoms with Crippen molar-refractivity contribution in [2.75, 3.05) is 13.2 Å². The molecule has 2 nitrogen and oxygen atoms in total. The van der Waals surface area contributed by atoms with Crippen molar-refractivity contribution in [3.05, 3.63) is 41.2 Å². The van der Waals surface area contributed by atoms with Crippen LogP contribution < -0.4 is 0 Å². The van der Waals surface area contributed by atoms with Crippen LogP contribution >= 0.6 is 0 Å². The van der Waals surface area contributed by atoms with Crippen molar-refractivity contribution in [1.82, 2.24) is 0 Å². The lowest BCUT2D eigenvalue weighted by Crippen LogP contribution is -2.31. The number of hydrogen-bond acceptors (Lipinski definition) is 2. The van der Waals surface area contributed by atoms with E-state index in [2.05, 4.69) is 0 Å². The molecule has 102 valence electrons. The Kier molecular flexibility index (Phi) is 3.11. The largest absolute Gasteiger partial charge is 0.347 e. The van der Waals surface area contributed by atoms with E-state index in [1.807, 2.05) is 0 Å². The summed E-state index contributed by atoms with van der Waals surface area (Å²) in [6.45, 7) is 1.07. The van der Waals surface area contributed by atoms with Crippen molar-refractivity contribution in [2.24, 2.45) is 0 Å². The molecule has 0 unspecified atom stereocenters. The summed E-state index contributed by atoms with van der Waals surface area (Å²) in [5.74, 6) is -3.56. The Hall–Kier alpha value is -1.33. The van der Waals surface area contributed by atoms with Gasteiger partial charge in [0.05, 0.1) is 18.8 Å². The molecule has 19 heavy (non-hydrogen) atoms. The third kappa shape index (κ3) is 2.17. The van der Waals surface area contributed by atoms with E-state index in [1.165, 1.54) is 0 Å². The van der Waals surface area contributed by atoms with Gasteiger partial charge in [-0.05, 0) is 24.1 Å². The first-order valence-corrected chi connectivity index (χ1v) is 6.22. The van der Waals surface area contributed by atoms with Gasteiger partial charge in [0.1, 0.15) is 5.82 Å². The van der Waals surface area contributed by atoms with Gasteiger partial charge < -0.3 is 9.47 Å². The van der Waals surface area contributed by atoms with E-state index in [1.54, 1.807) is 6.08 Å². The number of hydrogen-bond donors (Lipinski definition) is 0. The van der Waals surface area contributed by atoms with Crippen molar-refractivity contribution in [1.29, 1.82) is 0 Å². The summed E-state index contributed by atoms with van der Waals surface area (Å²) in [5, 5.41) is 0. The Bertz CT molecular complexity index is 534. The zero-order chi connectivity index (χ0) is 13.5. The first-order valence-electron chi connectivity index (χ1n) is 6.22. The fraction of sp³-hybridized carbons (Fsp3) is 0.429. The molecular formula is C14H13F3O2. The van der Waals surface area contributed by atoms with E-state index < -0.39 is 23.2 Å². The first-order chi connectivity index (χ1) is 9.11. The third-order valence-corrected chi connectivity index (χ3v) is 3.61. The standard InChI is InChI=1S/C14H13F3O2/c15-10-1-2-11(16)13(17)12(10)9-3-5-14(6-4-9)18-7-8-19-14/h1-3H,4-8H2. The summed E-state index contributed by atoms with van der Waals surface area (Å²) in [6.07, 6.45) is 3.03. The molecule has 0 saturated carbocycles. The molecule has 1 spiro atoms. The van der Waals surface area contributed by atoms with Crippen LogP contribution in [0.1, 0.15) is 24.8 Å². The van der Waals surface area contributed by atoms with Gasteiger partial charge >= 0.3 is 0 Å². The molecule has 0 N–H and O–H groups in total. The van der Waals surface area contributed by atoms with E-state index in [4.69, 9.17) is 9.47 Å². The van der Waals surface area contributed by atoms with Crippen LogP contribution in [0.2, 0.25) is 0 Å².